The molecule has 5 heterocycles. The van der Waals surface area contributed by atoms with E-state index in [1.807, 2.05) is 12.1 Å². The van der Waals surface area contributed by atoms with Gasteiger partial charge in [-0.3, -0.25) is 19.4 Å². The highest BCUT2D eigenvalue weighted by molar-refractivity contribution is 7.15. The fourth-order valence-corrected chi connectivity index (χ4v) is 11.7. The third kappa shape index (κ3) is 6.18. The molecule has 3 aromatic rings. The maximum atomic E-state index is 13.2. The highest BCUT2D eigenvalue weighted by Gasteiger charge is 2.44. The van der Waals surface area contributed by atoms with Crippen LogP contribution >= 0.6 is 11.3 Å². The van der Waals surface area contributed by atoms with Crippen LogP contribution in [-0.4, -0.2) is 46.8 Å². The second-order valence-corrected chi connectivity index (χ2v) is 17.2. The van der Waals surface area contributed by atoms with Crippen LogP contribution in [0.15, 0.2) is 60.7 Å². The number of thiophene rings is 1. The number of amides is 2. The zero-order valence-electron chi connectivity index (χ0n) is 28.8. The van der Waals surface area contributed by atoms with Crippen molar-refractivity contribution >= 4 is 23.2 Å². The fourth-order valence-electron chi connectivity index (χ4n) is 10.9. The third-order valence-corrected chi connectivity index (χ3v) is 14.5. The Balaban J connectivity index is 0.683. The van der Waals surface area contributed by atoms with Crippen molar-refractivity contribution in [3.63, 3.8) is 0 Å². The molecule has 2 N–H and O–H groups in total. The number of hydrogen-bond donors (Lipinski definition) is 2. The van der Waals surface area contributed by atoms with E-state index >= 15 is 0 Å². The summed E-state index contributed by atoms with van der Waals surface area (Å²) in [4.78, 5) is 33.2. The predicted molar refractivity (Wildman–Crippen MR) is 196 cm³/mol. The van der Waals surface area contributed by atoms with Gasteiger partial charge in [0.2, 0.25) is 0 Å². The minimum absolute atomic E-state index is 0.0195. The van der Waals surface area contributed by atoms with E-state index in [0.29, 0.717) is 33.9 Å². The number of benzene rings is 2. The molecule has 1 aromatic heterocycles. The maximum absolute atomic E-state index is 13.2. The van der Waals surface area contributed by atoms with Crippen molar-refractivity contribution in [3.8, 4) is 0 Å². The van der Waals surface area contributed by atoms with Crippen molar-refractivity contribution in [2.45, 2.75) is 126 Å². The molecule has 0 spiro atoms. The van der Waals surface area contributed by atoms with E-state index in [-0.39, 0.29) is 23.9 Å². The van der Waals surface area contributed by atoms with Crippen molar-refractivity contribution in [1.29, 1.82) is 0 Å². The lowest BCUT2D eigenvalue weighted by molar-refractivity contribution is 0.0916. The molecule has 7 heteroatoms. The molecule has 4 fully saturated rings. The van der Waals surface area contributed by atoms with Gasteiger partial charge in [-0.25, -0.2) is 0 Å². The lowest BCUT2D eigenvalue weighted by atomic mass is 9.84. The van der Waals surface area contributed by atoms with E-state index in [1.54, 1.807) is 22.3 Å². The Morgan fingerprint density at radius 3 is 1.20 bits per heavy atom. The van der Waals surface area contributed by atoms with Gasteiger partial charge in [0.1, 0.15) is 0 Å². The van der Waals surface area contributed by atoms with E-state index in [4.69, 9.17) is 0 Å². The minimum Gasteiger partial charge on any atom is -0.349 e. The van der Waals surface area contributed by atoms with Crippen LogP contribution in [0.1, 0.15) is 156 Å². The Morgan fingerprint density at radius 2 is 0.857 bits per heavy atom. The van der Waals surface area contributed by atoms with Crippen LogP contribution in [0.2, 0.25) is 0 Å². The lowest BCUT2D eigenvalue weighted by Gasteiger charge is -2.31. The fraction of sp³-hybridized carbons (Fsp3) is 0.571. The number of carbonyl (C=O) groups is 2. The number of nitrogens with zero attached hydrogens (tertiary/aromatic N) is 2. The molecule has 2 saturated heterocycles. The van der Waals surface area contributed by atoms with E-state index in [1.165, 1.54) is 88.6 Å². The largest absolute Gasteiger partial charge is 0.349 e. The molecule has 2 amide bonds. The van der Waals surface area contributed by atoms with Crippen LogP contribution in [0.3, 0.4) is 0 Å². The SMILES string of the molecule is O=C(NC1CCC(CCN2[C@@H]3CC[C@H]2c2ccccc23)CC1)c1ccc(C(=O)NC2CCC(CCN3[C@@H]4CC[C@H]3c3ccccc34)CC2)s1. The van der Waals surface area contributed by atoms with Gasteiger partial charge in [0.15, 0.2) is 0 Å². The highest BCUT2D eigenvalue weighted by Crippen LogP contribution is 2.54. The first kappa shape index (κ1) is 31.9. The van der Waals surface area contributed by atoms with E-state index in [2.05, 4.69) is 69.0 Å². The summed E-state index contributed by atoms with van der Waals surface area (Å²) < 4.78 is 0. The first-order valence-electron chi connectivity index (χ1n) is 19.5. The molecule has 2 aromatic carbocycles. The molecule has 9 rings (SSSR count). The van der Waals surface area contributed by atoms with Crippen LogP contribution in [-0.2, 0) is 0 Å². The molecule has 258 valence electrons. The van der Waals surface area contributed by atoms with Gasteiger partial charge in [-0.15, -0.1) is 11.3 Å². The zero-order valence-corrected chi connectivity index (χ0v) is 29.6. The number of rotatable bonds is 10. The summed E-state index contributed by atoms with van der Waals surface area (Å²) in [5.41, 5.74) is 6.29. The lowest BCUT2D eigenvalue weighted by Crippen LogP contribution is -2.38. The molecule has 4 atom stereocenters. The van der Waals surface area contributed by atoms with Crippen molar-refractivity contribution in [2.75, 3.05) is 13.1 Å². The van der Waals surface area contributed by atoms with E-state index in [9.17, 15) is 9.59 Å². The van der Waals surface area contributed by atoms with Gasteiger partial charge in [0.25, 0.3) is 11.8 Å². The molecular formula is C42H52N4O2S. The van der Waals surface area contributed by atoms with Crippen LogP contribution in [0.5, 0.6) is 0 Å². The van der Waals surface area contributed by atoms with Crippen LogP contribution in [0, 0.1) is 11.8 Å². The summed E-state index contributed by atoms with van der Waals surface area (Å²) in [6.07, 6.45) is 16.7. The van der Waals surface area contributed by atoms with Gasteiger partial charge in [-0.2, -0.15) is 0 Å². The molecule has 0 radical (unpaired) electrons. The van der Waals surface area contributed by atoms with Crippen LogP contribution < -0.4 is 10.6 Å². The topological polar surface area (TPSA) is 64.7 Å². The standard InChI is InChI=1S/C42H52N4O2S/c47-41(43-29-13-9-27(10-14-29)23-25-45-35-17-18-36(45)32-6-2-1-5-31(32)35)39-21-22-40(49-39)42(48)44-30-15-11-28(12-16-30)24-26-46-37-19-20-38(46)34-8-4-3-7-33(34)37/h1-8,21-22,27-30,35-38H,9-20,23-26H2,(H,43,47)(H,44,48)/t27?,28?,29?,30?,35-,36+,37-,38+. The molecule has 4 aliphatic heterocycles. The smallest absolute Gasteiger partial charge is 0.261 e. The Morgan fingerprint density at radius 1 is 0.510 bits per heavy atom. The monoisotopic (exact) mass is 676 g/mol. The number of nitrogens with one attached hydrogen (secondary N) is 2. The van der Waals surface area contributed by atoms with Gasteiger partial charge >= 0.3 is 0 Å². The van der Waals surface area contributed by atoms with Crippen molar-refractivity contribution in [1.82, 2.24) is 20.4 Å². The molecule has 4 bridgehead atoms. The number of hydrogen-bond acceptors (Lipinski definition) is 5. The van der Waals surface area contributed by atoms with Gasteiger partial charge < -0.3 is 10.6 Å². The van der Waals surface area contributed by atoms with Crippen molar-refractivity contribution in [2.24, 2.45) is 11.8 Å². The number of carbonyl (C=O) groups excluding carboxylic acids is 2. The zero-order chi connectivity index (χ0) is 32.9. The van der Waals surface area contributed by atoms with E-state index in [0.717, 1.165) is 37.5 Å². The Hall–Kier alpha value is -3.00. The van der Waals surface area contributed by atoms with Gasteiger partial charge in [-0.05, 0) is 149 Å². The minimum atomic E-state index is -0.0195. The normalized spacial score (nSPS) is 31.8. The average molecular weight is 677 g/mol. The summed E-state index contributed by atoms with van der Waals surface area (Å²) in [7, 11) is 0. The van der Waals surface area contributed by atoms with Crippen molar-refractivity contribution < 1.29 is 9.59 Å². The summed E-state index contributed by atoms with van der Waals surface area (Å²) in [6, 6.07) is 24.8. The Kier molecular flexibility index (Phi) is 8.87. The second kappa shape index (κ2) is 13.6. The van der Waals surface area contributed by atoms with Gasteiger partial charge in [0.05, 0.1) is 9.75 Å². The predicted octanol–water partition coefficient (Wildman–Crippen LogP) is 8.89. The third-order valence-electron chi connectivity index (χ3n) is 13.5. The molecule has 2 saturated carbocycles. The van der Waals surface area contributed by atoms with Crippen LogP contribution in [0.4, 0.5) is 0 Å². The molecule has 6 aliphatic rings. The summed E-state index contributed by atoms with van der Waals surface area (Å²) in [5, 5.41) is 6.60. The second-order valence-electron chi connectivity index (χ2n) is 16.1. The number of fused-ring (bicyclic) bond motifs is 10. The van der Waals surface area contributed by atoms with E-state index < -0.39 is 0 Å². The highest BCUT2D eigenvalue weighted by atomic mass is 32.1. The Bertz CT molecular complexity index is 1490. The Labute approximate surface area is 296 Å². The molecular weight excluding hydrogens is 625 g/mol. The molecule has 6 nitrogen and oxygen atoms in total. The summed E-state index contributed by atoms with van der Waals surface area (Å²) in [5.74, 6) is 1.46. The first-order valence-corrected chi connectivity index (χ1v) is 20.3. The van der Waals surface area contributed by atoms with Crippen LogP contribution in [0.25, 0.3) is 0 Å². The summed E-state index contributed by atoms with van der Waals surface area (Å²) in [6.45, 7) is 2.39. The molecule has 49 heavy (non-hydrogen) atoms. The molecule has 2 aliphatic carbocycles. The quantitative estimate of drug-likeness (QED) is 0.225. The average Bonchev–Trinajstić information content (AvgIpc) is 3.98. The van der Waals surface area contributed by atoms with Gasteiger partial charge in [-0.1, -0.05) is 48.5 Å². The van der Waals surface area contributed by atoms with Gasteiger partial charge in [0, 0.05) is 36.3 Å². The first-order chi connectivity index (χ1) is 24.1. The molecule has 0 unspecified atom stereocenters. The maximum Gasteiger partial charge on any atom is 0.261 e. The summed E-state index contributed by atoms with van der Waals surface area (Å²) >= 11 is 1.34. The van der Waals surface area contributed by atoms with Crippen molar-refractivity contribution in [3.05, 3.63) is 92.7 Å².